The molecule has 0 radical (unpaired) electrons. The van der Waals surface area contributed by atoms with Gasteiger partial charge in [-0.05, 0) is 44.1 Å². The highest BCUT2D eigenvalue weighted by Gasteiger charge is 2.33. The monoisotopic (exact) mass is 358 g/mol. The molecule has 6 nitrogen and oxygen atoms in total. The van der Waals surface area contributed by atoms with Gasteiger partial charge in [-0.25, -0.2) is 9.97 Å². The molecule has 132 valence electrons. The number of amides is 1. The zero-order valence-electron chi connectivity index (χ0n) is 14.2. The molecule has 0 aromatic carbocycles. The predicted molar refractivity (Wildman–Crippen MR) is 97.2 cm³/mol. The highest BCUT2D eigenvalue weighted by atomic mass is 32.1. The van der Waals surface area contributed by atoms with Gasteiger partial charge in [0.15, 0.2) is 6.10 Å². The number of aromatic nitrogens is 2. The molecule has 1 saturated heterocycles. The predicted octanol–water partition coefficient (Wildman–Crippen LogP) is 2.14. The van der Waals surface area contributed by atoms with Crippen molar-refractivity contribution in [1.29, 1.82) is 0 Å². The van der Waals surface area contributed by atoms with Gasteiger partial charge in [-0.3, -0.25) is 4.79 Å². The number of carbonyl (C=O) groups is 1. The molecule has 3 heterocycles. The number of hydrogen-bond acceptors (Lipinski definition) is 6. The maximum atomic E-state index is 11.6. The lowest BCUT2D eigenvalue weighted by Gasteiger charge is -2.33. The van der Waals surface area contributed by atoms with E-state index in [2.05, 4.69) is 4.90 Å². The summed E-state index contributed by atoms with van der Waals surface area (Å²) in [4.78, 5) is 26.3. The molecule has 0 bridgehead atoms. The molecule has 2 aromatic rings. The Balaban J connectivity index is 1.64. The summed E-state index contributed by atoms with van der Waals surface area (Å²) in [6.45, 7) is 1.73. The van der Waals surface area contributed by atoms with Crippen LogP contribution in [0, 0.1) is 0 Å². The van der Waals surface area contributed by atoms with Crippen LogP contribution < -0.4 is 10.6 Å². The van der Waals surface area contributed by atoms with Gasteiger partial charge in [0.1, 0.15) is 16.5 Å². The van der Waals surface area contributed by atoms with Gasteiger partial charge in [-0.15, -0.1) is 11.3 Å². The molecule has 2 aliphatic carbocycles. The van der Waals surface area contributed by atoms with Gasteiger partial charge < -0.3 is 15.4 Å². The zero-order valence-corrected chi connectivity index (χ0v) is 15.0. The molecule has 1 unspecified atom stereocenters. The topological polar surface area (TPSA) is 81.3 Å². The molecule has 1 saturated carbocycles. The number of thiophene rings is 1. The summed E-state index contributed by atoms with van der Waals surface area (Å²) in [6, 6.07) is 0. The van der Waals surface area contributed by atoms with Crippen LogP contribution in [0.15, 0.2) is 0 Å². The first-order valence-corrected chi connectivity index (χ1v) is 10.0. The van der Waals surface area contributed by atoms with Gasteiger partial charge in [0, 0.05) is 17.3 Å². The van der Waals surface area contributed by atoms with Crippen LogP contribution in [-0.4, -0.2) is 41.7 Å². The molecule has 5 rings (SSSR count). The number of aryl methyl sites for hydroxylation is 2. The Morgan fingerprint density at radius 3 is 2.88 bits per heavy atom. The lowest BCUT2D eigenvalue weighted by atomic mass is 9.96. The molecule has 2 N–H and O–H groups in total. The van der Waals surface area contributed by atoms with E-state index in [1.165, 1.54) is 41.5 Å². The standard InChI is InChI=1S/C18H22N4O2S/c19-15(23)12-9-22(7-8-24-12)17-14-11-3-1-2-4-13(11)25-18(14)21-16(20-17)10-5-6-10/h10,12H,1-9H2,(H2,19,23). The quantitative estimate of drug-likeness (QED) is 0.909. The maximum absolute atomic E-state index is 11.6. The van der Waals surface area contributed by atoms with Crippen molar-refractivity contribution in [2.45, 2.75) is 50.5 Å². The van der Waals surface area contributed by atoms with Crippen molar-refractivity contribution in [2.75, 3.05) is 24.6 Å². The van der Waals surface area contributed by atoms with E-state index < -0.39 is 12.0 Å². The number of morpholine rings is 1. The number of primary amides is 1. The van der Waals surface area contributed by atoms with Gasteiger partial charge in [-0.1, -0.05) is 0 Å². The summed E-state index contributed by atoms with van der Waals surface area (Å²) in [7, 11) is 0. The lowest BCUT2D eigenvalue weighted by Crippen LogP contribution is -2.48. The Hall–Kier alpha value is -1.73. The fourth-order valence-electron chi connectivity index (χ4n) is 3.92. The molecular formula is C18H22N4O2S. The lowest BCUT2D eigenvalue weighted by molar-refractivity contribution is -0.130. The van der Waals surface area contributed by atoms with Crippen molar-refractivity contribution in [1.82, 2.24) is 9.97 Å². The zero-order chi connectivity index (χ0) is 17.0. The van der Waals surface area contributed by atoms with Gasteiger partial charge >= 0.3 is 0 Å². The van der Waals surface area contributed by atoms with Gasteiger partial charge in [-0.2, -0.15) is 0 Å². The van der Waals surface area contributed by atoms with Gasteiger partial charge in [0.2, 0.25) is 5.91 Å². The Morgan fingerprint density at radius 2 is 2.08 bits per heavy atom. The van der Waals surface area contributed by atoms with E-state index in [1.807, 2.05) is 11.3 Å². The molecule has 2 fully saturated rings. The molecule has 1 amide bonds. The molecule has 7 heteroatoms. The Labute approximate surface area is 150 Å². The number of nitrogens with two attached hydrogens (primary N) is 1. The summed E-state index contributed by atoms with van der Waals surface area (Å²) in [5, 5.41) is 1.22. The first kappa shape index (κ1) is 15.5. The number of rotatable bonds is 3. The number of anilines is 1. The SMILES string of the molecule is NC(=O)C1CN(c2nc(C3CC3)nc3sc4c(c23)CCCC4)CCO1. The van der Waals surface area contributed by atoms with Crippen LogP contribution in [0.25, 0.3) is 10.2 Å². The minimum Gasteiger partial charge on any atom is -0.367 e. The molecular weight excluding hydrogens is 336 g/mol. The van der Waals surface area contributed by atoms with Crippen molar-refractivity contribution in [3.8, 4) is 0 Å². The third kappa shape index (κ3) is 2.69. The second-order valence-corrected chi connectivity index (χ2v) is 8.36. The maximum Gasteiger partial charge on any atom is 0.248 e. The minimum absolute atomic E-state index is 0.398. The third-order valence-corrected chi connectivity index (χ3v) is 6.62. The van der Waals surface area contributed by atoms with Crippen LogP contribution in [-0.2, 0) is 22.4 Å². The molecule has 1 atom stereocenters. The van der Waals surface area contributed by atoms with Gasteiger partial charge in [0.25, 0.3) is 0 Å². The van der Waals surface area contributed by atoms with Crippen LogP contribution in [0.4, 0.5) is 5.82 Å². The minimum atomic E-state index is -0.558. The van der Waals surface area contributed by atoms with Crippen LogP contribution >= 0.6 is 11.3 Å². The number of ether oxygens (including phenoxy) is 1. The van der Waals surface area contributed by atoms with E-state index in [9.17, 15) is 4.79 Å². The first-order valence-electron chi connectivity index (χ1n) is 9.19. The summed E-state index contributed by atoms with van der Waals surface area (Å²) in [5.41, 5.74) is 6.91. The van der Waals surface area contributed by atoms with Crippen molar-refractivity contribution < 1.29 is 9.53 Å². The second-order valence-electron chi connectivity index (χ2n) is 7.28. The van der Waals surface area contributed by atoms with E-state index in [1.54, 1.807) is 0 Å². The Morgan fingerprint density at radius 1 is 1.24 bits per heavy atom. The third-order valence-electron chi connectivity index (χ3n) is 5.44. The summed E-state index contributed by atoms with van der Waals surface area (Å²) < 4.78 is 5.53. The smallest absolute Gasteiger partial charge is 0.248 e. The molecule has 2 aromatic heterocycles. The average Bonchev–Trinajstić information content (AvgIpc) is 3.41. The fourth-order valence-corrected chi connectivity index (χ4v) is 5.18. The number of fused-ring (bicyclic) bond motifs is 3. The van der Waals surface area contributed by atoms with Crippen LogP contribution in [0.3, 0.4) is 0 Å². The fraction of sp³-hybridized carbons (Fsp3) is 0.611. The summed E-state index contributed by atoms with van der Waals surface area (Å²) >= 11 is 1.84. The highest BCUT2D eigenvalue weighted by Crippen LogP contribution is 2.44. The molecule has 3 aliphatic rings. The number of carbonyl (C=O) groups excluding carboxylic acids is 1. The second kappa shape index (κ2) is 5.92. The first-order chi connectivity index (χ1) is 12.2. The van der Waals surface area contributed by atoms with Crippen molar-refractivity contribution in [3.63, 3.8) is 0 Å². The van der Waals surface area contributed by atoms with E-state index in [-0.39, 0.29) is 0 Å². The van der Waals surface area contributed by atoms with Crippen molar-refractivity contribution in [3.05, 3.63) is 16.3 Å². The van der Waals surface area contributed by atoms with Crippen molar-refractivity contribution >= 4 is 33.3 Å². The Bertz CT molecular complexity index is 845. The van der Waals surface area contributed by atoms with E-state index in [0.717, 1.165) is 35.9 Å². The Kier molecular flexibility index (Phi) is 3.67. The van der Waals surface area contributed by atoms with E-state index in [0.29, 0.717) is 19.1 Å². The highest BCUT2D eigenvalue weighted by molar-refractivity contribution is 7.19. The number of nitrogens with zero attached hydrogens (tertiary/aromatic N) is 3. The van der Waals surface area contributed by atoms with Gasteiger partial charge in [0.05, 0.1) is 18.5 Å². The van der Waals surface area contributed by atoms with E-state index >= 15 is 0 Å². The summed E-state index contributed by atoms with van der Waals surface area (Å²) in [6.07, 6.45) is 6.57. The normalized spacial score (nSPS) is 23.7. The molecule has 25 heavy (non-hydrogen) atoms. The van der Waals surface area contributed by atoms with Crippen LogP contribution in [0.5, 0.6) is 0 Å². The average molecular weight is 358 g/mol. The number of hydrogen-bond donors (Lipinski definition) is 1. The molecule has 1 aliphatic heterocycles. The van der Waals surface area contributed by atoms with Crippen LogP contribution in [0.2, 0.25) is 0 Å². The molecule has 0 spiro atoms. The van der Waals surface area contributed by atoms with Crippen molar-refractivity contribution in [2.24, 2.45) is 5.73 Å². The summed E-state index contributed by atoms with van der Waals surface area (Å²) in [5.74, 6) is 2.09. The van der Waals surface area contributed by atoms with E-state index in [4.69, 9.17) is 20.4 Å². The van der Waals surface area contributed by atoms with Crippen LogP contribution in [0.1, 0.15) is 47.9 Å². The largest absolute Gasteiger partial charge is 0.367 e.